The summed E-state index contributed by atoms with van der Waals surface area (Å²) in [6, 6.07) is 6.20. The van der Waals surface area contributed by atoms with Crippen molar-refractivity contribution in [2.45, 2.75) is 13.8 Å². The molecular weight excluding hydrogens is 251 g/mol. The number of hydrogen-bond donors (Lipinski definition) is 0. The zero-order chi connectivity index (χ0) is 7.56. The molecule has 0 saturated carbocycles. The quantitative estimate of drug-likeness (QED) is 0.751. The number of hydrogen-bond acceptors (Lipinski definition) is 1. The first-order valence-corrected chi connectivity index (χ1v) is 4.66. The molecule has 0 heterocycles. The van der Waals surface area contributed by atoms with Crippen LogP contribution >= 0.6 is 0 Å². The summed E-state index contributed by atoms with van der Waals surface area (Å²) in [4.78, 5) is 0. The molecule has 2 heteroatoms. The third kappa shape index (κ3) is 1.63. The molecule has 0 fully saturated rings. The monoisotopic (exact) mass is 260 g/mol. The molecule has 0 amide bonds. The van der Waals surface area contributed by atoms with E-state index in [1.54, 1.807) is 0 Å². The van der Waals surface area contributed by atoms with Gasteiger partial charge in [-0.15, -0.1) is 0 Å². The topological polar surface area (TPSA) is 9.23 Å². The third-order valence-corrected chi connectivity index (χ3v) is 2.27. The Morgan fingerprint density at radius 1 is 1.20 bits per heavy atom. The van der Waals surface area contributed by atoms with Gasteiger partial charge in [-0.1, -0.05) is 0 Å². The van der Waals surface area contributed by atoms with Gasteiger partial charge in [0.05, 0.1) is 0 Å². The summed E-state index contributed by atoms with van der Waals surface area (Å²) in [5, 5.41) is 0. The maximum absolute atomic E-state index is 5.34. The second-order valence-corrected chi connectivity index (χ2v) is 3.08. The van der Waals surface area contributed by atoms with Crippen LogP contribution in [0.25, 0.3) is 0 Å². The summed E-state index contributed by atoms with van der Waals surface area (Å²) in [5.41, 5.74) is 2.48. The molecule has 1 nitrogen and oxygen atoms in total. The van der Waals surface area contributed by atoms with Crippen molar-refractivity contribution in [3.05, 3.63) is 29.3 Å². The van der Waals surface area contributed by atoms with Gasteiger partial charge < -0.3 is 0 Å². The van der Waals surface area contributed by atoms with Gasteiger partial charge in [0.25, 0.3) is 0 Å². The number of para-hydroxylation sites is 1. The molecule has 10 heavy (non-hydrogen) atoms. The predicted octanol–water partition coefficient (Wildman–Crippen LogP) is 2.15. The Balaban J connectivity index is 3.17. The molecule has 0 aliphatic rings. The molecule has 0 bridgehead atoms. The van der Waals surface area contributed by atoms with Crippen LogP contribution in [-0.2, 0) is 0 Å². The first-order valence-electron chi connectivity index (χ1n) is 3.18. The summed E-state index contributed by atoms with van der Waals surface area (Å²) in [7, 11) is 0. The fourth-order valence-corrected chi connectivity index (χ4v) is 2.15. The van der Waals surface area contributed by atoms with Crippen LogP contribution in [0.2, 0.25) is 0 Å². The van der Waals surface area contributed by atoms with E-state index in [2.05, 4.69) is 32.0 Å². The van der Waals surface area contributed by atoms with Gasteiger partial charge in [-0.25, -0.2) is 0 Å². The second kappa shape index (κ2) is 3.56. The van der Waals surface area contributed by atoms with Crippen molar-refractivity contribution in [1.82, 2.24) is 0 Å². The van der Waals surface area contributed by atoms with Gasteiger partial charge in [-0.3, -0.25) is 0 Å². The minimum absolute atomic E-state index is 0.588. The van der Waals surface area contributed by atoms with E-state index in [1.165, 1.54) is 11.1 Å². The Labute approximate surface area is 84.3 Å². The first-order chi connectivity index (χ1) is 4.75. The molecular formula is C8H9LaO. The second-order valence-electron chi connectivity index (χ2n) is 2.34. The van der Waals surface area contributed by atoms with Gasteiger partial charge >= 0.3 is 84.9 Å². The summed E-state index contributed by atoms with van der Waals surface area (Å²) < 4.78 is 5.34. The van der Waals surface area contributed by atoms with Gasteiger partial charge in [-0.05, 0) is 0 Å². The molecule has 0 saturated heterocycles. The van der Waals surface area contributed by atoms with Gasteiger partial charge in [0.15, 0.2) is 0 Å². The Morgan fingerprint density at radius 2 is 1.70 bits per heavy atom. The SMILES string of the molecule is Cc1cccc(C)c1[O][La]. The van der Waals surface area contributed by atoms with Crippen molar-refractivity contribution in [2.24, 2.45) is 0 Å². The molecule has 0 unspecified atom stereocenters. The fourth-order valence-electron chi connectivity index (χ4n) is 0.985. The number of benzene rings is 1. The van der Waals surface area contributed by atoms with E-state index >= 15 is 0 Å². The van der Waals surface area contributed by atoms with E-state index in [9.17, 15) is 0 Å². The van der Waals surface area contributed by atoms with Crippen molar-refractivity contribution in [3.63, 3.8) is 0 Å². The summed E-state index contributed by atoms with van der Waals surface area (Å²) >= 11 is 0.588. The van der Waals surface area contributed by atoms with Crippen molar-refractivity contribution in [1.29, 1.82) is 0 Å². The van der Waals surface area contributed by atoms with E-state index in [4.69, 9.17) is 1.70 Å². The van der Waals surface area contributed by atoms with Crippen molar-refractivity contribution in [2.75, 3.05) is 0 Å². The van der Waals surface area contributed by atoms with Crippen LogP contribution < -0.4 is 1.70 Å². The van der Waals surface area contributed by atoms with Gasteiger partial charge in [0.1, 0.15) is 0 Å². The van der Waals surface area contributed by atoms with Crippen LogP contribution in [-0.4, -0.2) is 0 Å². The van der Waals surface area contributed by atoms with Gasteiger partial charge in [0, 0.05) is 0 Å². The molecule has 0 aliphatic carbocycles. The molecule has 50 valence electrons. The Kier molecular flexibility index (Phi) is 2.96. The molecule has 0 atom stereocenters. The molecule has 0 N–H and O–H groups in total. The summed E-state index contributed by atoms with van der Waals surface area (Å²) in [6.07, 6.45) is 0. The van der Waals surface area contributed by atoms with Crippen LogP contribution in [0.5, 0.6) is 5.75 Å². The Hall–Kier alpha value is 0.215. The predicted molar refractivity (Wildman–Crippen MR) is 36.5 cm³/mol. The standard InChI is InChI=1S/C8H10O.La/c1-6-4-3-5-7(2)8(6)9;/h3-5,9H,1-2H3;/q;+1/p-1. The normalized spacial score (nSPS) is 9.30. The Bertz CT molecular complexity index is 212. The fraction of sp³-hybridized carbons (Fsp3) is 0.250. The molecule has 0 spiro atoms. The van der Waals surface area contributed by atoms with Crippen LogP contribution in [0.1, 0.15) is 11.1 Å². The molecule has 0 aliphatic heterocycles. The van der Waals surface area contributed by atoms with E-state index in [1.807, 2.05) is 0 Å². The van der Waals surface area contributed by atoms with Crippen molar-refractivity contribution < 1.29 is 36.0 Å². The zero-order valence-electron chi connectivity index (χ0n) is 6.22. The van der Waals surface area contributed by atoms with Gasteiger partial charge in [-0.2, -0.15) is 0 Å². The van der Waals surface area contributed by atoms with E-state index in [-0.39, 0.29) is 0 Å². The van der Waals surface area contributed by atoms with Crippen molar-refractivity contribution >= 4 is 0 Å². The molecule has 1 rings (SSSR count). The van der Waals surface area contributed by atoms with Crippen LogP contribution in [0.4, 0.5) is 0 Å². The van der Waals surface area contributed by atoms with Crippen LogP contribution in [0, 0.1) is 48.1 Å². The first kappa shape index (κ1) is 8.31. The number of aryl methyl sites for hydroxylation is 2. The van der Waals surface area contributed by atoms with Crippen molar-refractivity contribution in [3.8, 4) is 5.75 Å². The summed E-state index contributed by atoms with van der Waals surface area (Å²) in [5.74, 6) is 1.08. The number of rotatable bonds is 1. The van der Waals surface area contributed by atoms with E-state index in [0.29, 0.717) is 34.3 Å². The minimum atomic E-state index is 0.588. The molecule has 0 radical (unpaired) electrons. The molecule has 0 aromatic heterocycles. The van der Waals surface area contributed by atoms with E-state index < -0.39 is 0 Å². The summed E-state index contributed by atoms with van der Waals surface area (Å²) in [6.45, 7) is 4.15. The van der Waals surface area contributed by atoms with Crippen LogP contribution in [0.3, 0.4) is 0 Å². The van der Waals surface area contributed by atoms with Crippen LogP contribution in [0.15, 0.2) is 18.2 Å². The Morgan fingerprint density at radius 3 is 2.00 bits per heavy atom. The maximum atomic E-state index is 5.34. The molecule has 1 aromatic carbocycles. The zero-order valence-corrected chi connectivity index (χ0v) is 9.84. The molecule has 1 aromatic rings. The average Bonchev–Trinajstić information content (AvgIpc) is 1.88. The third-order valence-electron chi connectivity index (χ3n) is 1.53. The van der Waals surface area contributed by atoms with E-state index in [0.717, 1.165) is 5.75 Å². The average molecular weight is 260 g/mol. The van der Waals surface area contributed by atoms with Gasteiger partial charge in [0.2, 0.25) is 0 Å².